The third-order valence-electron chi connectivity index (χ3n) is 7.18. The molecule has 2 heterocycles. The van der Waals surface area contributed by atoms with E-state index in [-0.39, 0.29) is 23.3 Å². The van der Waals surface area contributed by atoms with Crippen molar-refractivity contribution in [2.75, 3.05) is 32.1 Å². The molecule has 9 heteroatoms. The Balaban J connectivity index is 1.44. The molecule has 1 saturated carbocycles. The van der Waals surface area contributed by atoms with Gasteiger partial charge in [-0.15, -0.1) is 0 Å². The summed E-state index contributed by atoms with van der Waals surface area (Å²) in [6.45, 7) is 1.45. The quantitative estimate of drug-likeness (QED) is 0.738. The Kier molecular flexibility index (Phi) is 7.05. The molecular weight excluding hydrogens is 430 g/mol. The molecule has 2 amide bonds. The summed E-state index contributed by atoms with van der Waals surface area (Å²) in [5.74, 6) is 0.473. The Morgan fingerprint density at radius 3 is 2.41 bits per heavy atom. The van der Waals surface area contributed by atoms with Gasteiger partial charge in [0.2, 0.25) is 15.9 Å². The highest BCUT2D eigenvalue weighted by molar-refractivity contribution is 7.89. The zero-order valence-corrected chi connectivity index (χ0v) is 19.5. The molecule has 2 aliphatic heterocycles. The summed E-state index contributed by atoms with van der Waals surface area (Å²) in [5, 5.41) is 2.51. The van der Waals surface area contributed by atoms with Crippen LogP contribution in [-0.2, 0) is 19.6 Å². The van der Waals surface area contributed by atoms with E-state index in [1.807, 2.05) is 0 Å². The molecule has 3 atom stereocenters. The van der Waals surface area contributed by atoms with Crippen LogP contribution in [0.5, 0.6) is 0 Å². The van der Waals surface area contributed by atoms with E-state index in [4.69, 9.17) is 0 Å². The second kappa shape index (κ2) is 9.79. The van der Waals surface area contributed by atoms with E-state index in [1.165, 1.54) is 61.4 Å². The van der Waals surface area contributed by atoms with Crippen LogP contribution in [-0.4, -0.2) is 62.4 Å². The molecule has 8 nitrogen and oxygen atoms in total. The fourth-order valence-corrected chi connectivity index (χ4v) is 7.05. The van der Waals surface area contributed by atoms with Gasteiger partial charge in [0.15, 0.2) is 0 Å². The van der Waals surface area contributed by atoms with Crippen LogP contribution in [0.1, 0.15) is 51.4 Å². The first-order valence-corrected chi connectivity index (χ1v) is 13.1. The van der Waals surface area contributed by atoms with E-state index >= 15 is 0 Å². The standard InChI is InChI=1S/C23H33N3O5S/c1-31-23(28)24-19-10-12-20(13-11-19)32(29,30)25-14-4-8-18(16-25)22(27)26-15-5-7-17-6-2-3-9-21(17)26/h10-13,17-18,21H,2-9,14-16H2,1H3,(H,24,28)/t17-,18+,21+/m1/s1. The Morgan fingerprint density at radius 1 is 0.969 bits per heavy atom. The van der Waals surface area contributed by atoms with E-state index in [1.54, 1.807) is 0 Å². The van der Waals surface area contributed by atoms with Crippen molar-refractivity contribution in [3.8, 4) is 0 Å². The topological polar surface area (TPSA) is 96.0 Å². The number of rotatable bonds is 4. The SMILES string of the molecule is COC(=O)Nc1ccc(S(=O)(=O)N2CCC[C@H](C(=O)N3CCC[C@H]4CCCC[C@@H]43)C2)cc1. The zero-order chi connectivity index (χ0) is 22.7. The number of fused-ring (bicyclic) bond motifs is 1. The van der Waals surface area contributed by atoms with Crippen molar-refractivity contribution < 1.29 is 22.7 Å². The molecule has 176 valence electrons. The highest BCUT2D eigenvalue weighted by Gasteiger charge is 2.40. The van der Waals surface area contributed by atoms with E-state index < -0.39 is 16.1 Å². The first kappa shape index (κ1) is 23.0. The van der Waals surface area contributed by atoms with Crippen LogP contribution in [0.15, 0.2) is 29.2 Å². The molecule has 2 saturated heterocycles. The number of benzene rings is 1. The molecule has 1 aliphatic carbocycles. The molecule has 0 spiro atoms. The fourth-order valence-electron chi connectivity index (χ4n) is 5.52. The lowest BCUT2D eigenvalue weighted by atomic mass is 9.77. The van der Waals surface area contributed by atoms with Gasteiger partial charge in [0.25, 0.3) is 0 Å². The highest BCUT2D eigenvalue weighted by Crippen LogP contribution is 2.37. The van der Waals surface area contributed by atoms with Crippen LogP contribution >= 0.6 is 0 Å². The van der Waals surface area contributed by atoms with E-state index in [2.05, 4.69) is 15.0 Å². The minimum atomic E-state index is -3.71. The number of carbonyl (C=O) groups is 2. The average molecular weight is 464 g/mol. The molecule has 0 unspecified atom stereocenters. The first-order valence-electron chi connectivity index (χ1n) is 11.7. The maximum atomic E-state index is 13.4. The van der Waals surface area contributed by atoms with Gasteiger partial charge in [-0.05, 0) is 68.7 Å². The molecule has 0 aromatic heterocycles. The average Bonchev–Trinajstić information content (AvgIpc) is 2.83. The molecule has 4 rings (SSSR count). The third kappa shape index (κ3) is 4.78. The Labute approximate surface area is 190 Å². The molecule has 0 radical (unpaired) electrons. The third-order valence-corrected chi connectivity index (χ3v) is 9.06. The van der Waals surface area contributed by atoms with Gasteiger partial charge in [0.1, 0.15) is 0 Å². The van der Waals surface area contributed by atoms with Gasteiger partial charge in [-0.3, -0.25) is 10.1 Å². The lowest BCUT2D eigenvalue weighted by Crippen LogP contribution is -2.54. The van der Waals surface area contributed by atoms with Crippen molar-refractivity contribution in [2.45, 2.75) is 62.3 Å². The predicted octanol–water partition coefficient (Wildman–Crippen LogP) is 3.45. The summed E-state index contributed by atoms with van der Waals surface area (Å²) in [7, 11) is -2.45. The van der Waals surface area contributed by atoms with Gasteiger partial charge in [-0.2, -0.15) is 4.31 Å². The van der Waals surface area contributed by atoms with Crippen molar-refractivity contribution in [3.05, 3.63) is 24.3 Å². The number of hydrogen-bond acceptors (Lipinski definition) is 5. The smallest absolute Gasteiger partial charge is 0.411 e. The van der Waals surface area contributed by atoms with Crippen LogP contribution in [0.3, 0.4) is 0 Å². The summed E-state index contributed by atoms with van der Waals surface area (Å²) >= 11 is 0. The van der Waals surface area contributed by atoms with Gasteiger partial charge in [-0.25, -0.2) is 13.2 Å². The minimum absolute atomic E-state index is 0.138. The maximum Gasteiger partial charge on any atom is 0.411 e. The number of nitrogens with one attached hydrogen (secondary N) is 1. The summed E-state index contributed by atoms with van der Waals surface area (Å²) < 4.78 is 32.5. The number of anilines is 1. The van der Waals surface area contributed by atoms with Gasteiger partial charge in [0.05, 0.1) is 17.9 Å². The van der Waals surface area contributed by atoms with Crippen molar-refractivity contribution in [3.63, 3.8) is 0 Å². The Bertz CT molecular complexity index is 931. The van der Waals surface area contributed by atoms with Crippen molar-refractivity contribution in [1.82, 2.24) is 9.21 Å². The molecule has 1 aromatic rings. The number of amides is 2. The fraction of sp³-hybridized carbons (Fsp3) is 0.652. The van der Waals surface area contributed by atoms with E-state index in [0.717, 1.165) is 25.8 Å². The second-order valence-electron chi connectivity index (χ2n) is 9.13. The lowest BCUT2D eigenvalue weighted by Gasteiger charge is -2.46. The summed E-state index contributed by atoms with van der Waals surface area (Å²) in [6.07, 6.45) is 7.78. The number of hydrogen-bond donors (Lipinski definition) is 1. The van der Waals surface area contributed by atoms with Crippen LogP contribution in [0.2, 0.25) is 0 Å². The van der Waals surface area contributed by atoms with Gasteiger partial charge in [-0.1, -0.05) is 12.8 Å². The van der Waals surface area contributed by atoms with Crippen LogP contribution in [0, 0.1) is 11.8 Å². The molecule has 1 N–H and O–H groups in total. The zero-order valence-electron chi connectivity index (χ0n) is 18.7. The van der Waals surface area contributed by atoms with Crippen molar-refractivity contribution >= 4 is 27.7 Å². The summed E-state index contributed by atoms with van der Waals surface area (Å²) in [6, 6.07) is 6.36. The van der Waals surface area contributed by atoms with E-state index in [0.29, 0.717) is 30.6 Å². The van der Waals surface area contributed by atoms with Crippen LogP contribution in [0.25, 0.3) is 0 Å². The maximum absolute atomic E-state index is 13.4. The molecular formula is C23H33N3O5S. The Morgan fingerprint density at radius 2 is 1.66 bits per heavy atom. The molecule has 32 heavy (non-hydrogen) atoms. The number of nitrogens with zero attached hydrogens (tertiary/aromatic N) is 2. The number of sulfonamides is 1. The largest absolute Gasteiger partial charge is 0.453 e. The van der Waals surface area contributed by atoms with Crippen LogP contribution < -0.4 is 5.32 Å². The minimum Gasteiger partial charge on any atom is -0.453 e. The monoisotopic (exact) mass is 463 g/mol. The molecule has 0 bridgehead atoms. The second-order valence-corrected chi connectivity index (χ2v) is 11.1. The molecule has 3 aliphatic rings. The number of carbonyl (C=O) groups excluding carboxylic acids is 2. The lowest BCUT2D eigenvalue weighted by molar-refractivity contribution is -0.143. The summed E-state index contributed by atoms with van der Waals surface area (Å²) in [5.41, 5.74) is 0.453. The molecule has 3 fully saturated rings. The number of ether oxygens (including phenoxy) is 1. The predicted molar refractivity (Wildman–Crippen MR) is 121 cm³/mol. The first-order chi connectivity index (χ1) is 15.4. The van der Waals surface area contributed by atoms with Crippen molar-refractivity contribution in [1.29, 1.82) is 0 Å². The van der Waals surface area contributed by atoms with Crippen LogP contribution in [0.4, 0.5) is 10.5 Å². The van der Waals surface area contributed by atoms with Crippen molar-refractivity contribution in [2.24, 2.45) is 11.8 Å². The van der Waals surface area contributed by atoms with Gasteiger partial charge in [0, 0.05) is 31.4 Å². The Hall–Kier alpha value is -2.13. The summed E-state index contributed by atoms with van der Waals surface area (Å²) in [4.78, 5) is 27.0. The van der Waals surface area contributed by atoms with Gasteiger partial charge < -0.3 is 9.64 Å². The number of likely N-dealkylation sites (tertiary alicyclic amines) is 1. The van der Waals surface area contributed by atoms with Gasteiger partial charge >= 0.3 is 6.09 Å². The molecule has 1 aromatic carbocycles. The number of methoxy groups -OCH3 is 1. The normalized spacial score (nSPS) is 26.8. The highest BCUT2D eigenvalue weighted by atomic mass is 32.2. The van der Waals surface area contributed by atoms with E-state index in [9.17, 15) is 18.0 Å². The number of piperidine rings is 2.